The number of nitrogens with zero attached hydrogens (tertiary/aromatic N) is 2. The molecule has 0 radical (unpaired) electrons. The molecule has 2 N–H and O–H groups in total. The zero-order chi connectivity index (χ0) is 16.1. The Bertz CT molecular complexity index is 662. The van der Waals surface area contributed by atoms with Crippen LogP contribution in [0.5, 0.6) is 0 Å². The summed E-state index contributed by atoms with van der Waals surface area (Å²) in [5, 5.41) is 14.6. The molecule has 1 aromatic carbocycles. The maximum absolute atomic E-state index is 12.1. The predicted octanol–water partition coefficient (Wildman–Crippen LogP) is 3.38. The van der Waals surface area contributed by atoms with Gasteiger partial charge in [-0.15, -0.1) is 10.2 Å². The normalized spacial score (nSPS) is 17.9. The summed E-state index contributed by atoms with van der Waals surface area (Å²) in [5.74, 6) is 2.10. The number of anilines is 1. The number of carbonyl (C=O) groups excluding carboxylic acids is 1. The molecule has 1 aliphatic heterocycles. The molecule has 2 heterocycles. The molecule has 1 aliphatic rings. The number of nitrogens with one attached hydrogen (secondary N) is 2. The molecular formula is C14H15ClN4OS3. The second kappa shape index (κ2) is 8.34. The summed E-state index contributed by atoms with van der Waals surface area (Å²) < 4.78 is 0.838. The van der Waals surface area contributed by atoms with Crippen molar-refractivity contribution < 1.29 is 4.79 Å². The van der Waals surface area contributed by atoms with E-state index in [0.29, 0.717) is 17.1 Å². The van der Waals surface area contributed by atoms with Gasteiger partial charge in [0.1, 0.15) is 5.51 Å². The van der Waals surface area contributed by atoms with Gasteiger partial charge in [0, 0.05) is 41.1 Å². The molecule has 5 nitrogen and oxygen atoms in total. The van der Waals surface area contributed by atoms with Gasteiger partial charge in [-0.2, -0.15) is 11.8 Å². The molecule has 9 heteroatoms. The highest BCUT2D eigenvalue weighted by molar-refractivity contribution is 8.01. The molecule has 1 saturated heterocycles. The van der Waals surface area contributed by atoms with Crippen molar-refractivity contribution in [1.29, 1.82) is 0 Å². The Morgan fingerprint density at radius 2 is 2.43 bits per heavy atom. The van der Waals surface area contributed by atoms with Gasteiger partial charge in [-0.1, -0.05) is 34.7 Å². The minimum Gasteiger partial charge on any atom is -0.326 e. The van der Waals surface area contributed by atoms with Gasteiger partial charge in [0.15, 0.2) is 4.34 Å². The number of rotatable bonds is 5. The zero-order valence-corrected chi connectivity index (χ0v) is 15.3. The van der Waals surface area contributed by atoms with Crippen molar-refractivity contribution in [3.05, 3.63) is 28.7 Å². The minimum absolute atomic E-state index is 0.00518. The minimum atomic E-state index is 0.00518. The average molecular weight is 387 g/mol. The van der Waals surface area contributed by atoms with E-state index in [4.69, 9.17) is 11.6 Å². The molecule has 23 heavy (non-hydrogen) atoms. The first-order valence-corrected chi connectivity index (χ1v) is 10.3. The van der Waals surface area contributed by atoms with Crippen LogP contribution in [0.25, 0.3) is 0 Å². The Balaban J connectivity index is 1.57. The summed E-state index contributed by atoms with van der Waals surface area (Å²) in [6.45, 7) is 0.964. The van der Waals surface area contributed by atoms with Crippen molar-refractivity contribution >= 4 is 58.1 Å². The van der Waals surface area contributed by atoms with Crippen LogP contribution in [-0.2, 0) is 4.79 Å². The standard InChI is InChI=1S/C14H15ClN4OS3/c15-11-5-9(1-2-12(11)23-14-19-17-8-22-14)18-13(20)6-10-7-21-4-3-16-10/h1-2,5,8,10,16H,3-4,6-7H2,(H,18,20). The summed E-state index contributed by atoms with van der Waals surface area (Å²) >= 11 is 11.1. The Labute approximate surface area is 152 Å². The fourth-order valence-corrected chi connectivity index (χ4v) is 4.83. The van der Waals surface area contributed by atoms with Crippen LogP contribution in [0.3, 0.4) is 0 Å². The van der Waals surface area contributed by atoms with Crippen molar-refractivity contribution in [2.75, 3.05) is 23.4 Å². The van der Waals surface area contributed by atoms with E-state index in [1.807, 2.05) is 23.9 Å². The van der Waals surface area contributed by atoms with Gasteiger partial charge in [0.05, 0.1) is 5.02 Å². The summed E-state index contributed by atoms with van der Waals surface area (Å²) in [5.41, 5.74) is 2.40. The number of benzene rings is 1. The number of amides is 1. The van der Waals surface area contributed by atoms with Crippen LogP contribution in [0.2, 0.25) is 5.02 Å². The summed E-state index contributed by atoms with van der Waals surface area (Å²) in [7, 11) is 0. The van der Waals surface area contributed by atoms with E-state index < -0.39 is 0 Å². The van der Waals surface area contributed by atoms with Crippen LogP contribution >= 0.6 is 46.5 Å². The highest BCUT2D eigenvalue weighted by Crippen LogP contribution is 2.35. The van der Waals surface area contributed by atoms with E-state index in [9.17, 15) is 4.79 Å². The quantitative estimate of drug-likeness (QED) is 0.821. The third-order valence-electron chi connectivity index (χ3n) is 3.18. The molecule has 1 atom stereocenters. The Morgan fingerprint density at radius 1 is 1.52 bits per heavy atom. The van der Waals surface area contributed by atoms with E-state index >= 15 is 0 Å². The van der Waals surface area contributed by atoms with Crippen molar-refractivity contribution in [2.45, 2.75) is 21.7 Å². The van der Waals surface area contributed by atoms with Gasteiger partial charge in [0.25, 0.3) is 0 Å². The molecule has 3 rings (SSSR count). The third kappa shape index (κ3) is 5.09. The third-order valence-corrected chi connectivity index (χ3v) is 6.59. The smallest absolute Gasteiger partial charge is 0.225 e. The van der Waals surface area contributed by atoms with Gasteiger partial charge < -0.3 is 10.6 Å². The van der Waals surface area contributed by atoms with Gasteiger partial charge in [-0.25, -0.2) is 0 Å². The molecule has 0 bridgehead atoms. The van der Waals surface area contributed by atoms with E-state index in [-0.39, 0.29) is 11.9 Å². The second-order valence-corrected chi connectivity index (χ2v) is 8.61. The fourth-order valence-electron chi connectivity index (χ4n) is 2.15. The fraction of sp³-hybridized carbons (Fsp3) is 0.357. The number of thioether (sulfide) groups is 1. The first kappa shape index (κ1) is 17.0. The van der Waals surface area contributed by atoms with Gasteiger partial charge >= 0.3 is 0 Å². The number of halogens is 1. The van der Waals surface area contributed by atoms with E-state index in [1.54, 1.807) is 11.6 Å². The first-order valence-electron chi connectivity index (χ1n) is 7.05. The monoisotopic (exact) mass is 386 g/mol. The number of carbonyl (C=O) groups is 1. The number of hydrogen-bond donors (Lipinski definition) is 2. The van der Waals surface area contributed by atoms with Crippen molar-refractivity contribution in [1.82, 2.24) is 15.5 Å². The van der Waals surface area contributed by atoms with Crippen molar-refractivity contribution in [3.8, 4) is 0 Å². The highest BCUT2D eigenvalue weighted by atomic mass is 35.5. The maximum atomic E-state index is 12.1. The van der Waals surface area contributed by atoms with Gasteiger partial charge in [-0.05, 0) is 18.2 Å². The van der Waals surface area contributed by atoms with Crippen LogP contribution in [0.1, 0.15) is 6.42 Å². The van der Waals surface area contributed by atoms with Crippen LogP contribution in [0.15, 0.2) is 32.9 Å². The largest absolute Gasteiger partial charge is 0.326 e. The predicted molar refractivity (Wildman–Crippen MR) is 97.8 cm³/mol. The molecule has 1 amide bonds. The average Bonchev–Trinajstić information content (AvgIpc) is 3.04. The van der Waals surface area contributed by atoms with E-state index in [0.717, 1.165) is 27.3 Å². The summed E-state index contributed by atoms with van der Waals surface area (Å²) in [4.78, 5) is 13.0. The zero-order valence-electron chi connectivity index (χ0n) is 12.1. The molecule has 0 aliphatic carbocycles. The molecule has 122 valence electrons. The highest BCUT2D eigenvalue weighted by Gasteiger charge is 2.17. The van der Waals surface area contributed by atoms with Gasteiger partial charge in [-0.3, -0.25) is 4.79 Å². The molecular weight excluding hydrogens is 372 g/mol. The molecule has 0 spiro atoms. The van der Waals surface area contributed by atoms with Crippen LogP contribution in [0, 0.1) is 0 Å². The summed E-state index contributed by atoms with van der Waals surface area (Å²) in [6.07, 6.45) is 0.478. The molecule has 1 fully saturated rings. The Kier molecular flexibility index (Phi) is 6.18. The molecule has 2 aromatic rings. The summed E-state index contributed by atoms with van der Waals surface area (Å²) in [6, 6.07) is 5.76. The van der Waals surface area contributed by atoms with E-state index in [2.05, 4.69) is 20.8 Å². The van der Waals surface area contributed by atoms with Crippen molar-refractivity contribution in [2.24, 2.45) is 0 Å². The molecule has 1 unspecified atom stereocenters. The topological polar surface area (TPSA) is 66.9 Å². The van der Waals surface area contributed by atoms with Crippen LogP contribution < -0.4 is 10.6 Å². The Hall–Kier alpha value is -0.800. The lowest BCUT2D eigenvalue weighted by Gasteiger charge is -2.22. The van der Waals surface area contributed by atoms with Crippen LogP contribution in [-0.4, -0.2) is 40.2 Å². The van der Waals surface area contributed by atoms with Crippen LogP contribution in [0.4, 0.5) is 5.69 Å². The lowest BCUT2D eigenvalue weighted by molar-refractivity contribution is -0.116. The lowest BCUT2D eigenvalue weighted by Crippen LogP contribution is -2.39. The van der Waals surface area contributed by atoms with Gasteiger partial charge in [0.2, 0.25) is 5.91 Å². The molecule has 0 saturated carbocycles. The van der Waals surface area contributed by atoms with E-state index in [1.165, 1.54) is 23.1 Å². The maximum Gasteiger partial charge on any atom is 0.225 e. The van der Waals surface area contributed by atoms with Crippen molar-refractivity contribution in [3.63, 3.8) is 0 Å². The Morgan fingerprint density at radius 3 is 3.13 bits per heavy atom. The first-order chi connectivity index (χ1) is 11.2. The number of hydrogen-bond acceptors (Lipinski definition) is 7. The molecule has 1 aromatic heterocycles. The number of aromatic nitrogens is 2. The SMILES string of the molecule is O=C(CC1CSCCN1)Nc1ccc(Sc2nncs2)c(Cl)c1. The lowest BCUT2D eigenvalue weighted by atomic mass is 10.2. The second-order valence-electron chi connectivity index (χ2n) is 4.93.